The molecule has 92 valence electrons. The van der Waals surface area contributed by atoms with Crippen molar-refractivity contribution in [1.82, 2.24) is 5.32 Å². The zero-order valence-corrected chi connectivity index (χ0v) is 11.0. The molecule has 17 heavy (non-hydrogen) atoms. The minimum atomic E-state index is 0.553. The fourth-order valence-electron chi connectivity index (χ4n) is 3.87. The first-order chi connectivity index (χ1) is 8.21. The first kappa shape index (κ1) is 11.3. The molecule has 1 heteroatoms. The molecule has 0 saturated heterocycles. The molecule has 0 bridgehead atoms. The molecule has 2 unspecified atom stereocenters. The summed E-state index contributed by atoms with van der Waals surface area (Å²) in [5.74, 6) is 2.13. The van der Waals surface area contributed by atoms with Crippen LogP contribution in [0.3, 0.4) is 0 Å². The Kier molecular flexibility index (Phi) is 2.74. The van der Waals surface area contributed by atoms with Gasteiger partial charge in [-0.3, -0.25) is 0 Å². The van der Waals surface area contributed by atoms with E-state index in [2.05, 4.69) is 43.6 Å². The summed E-state index contributed by atoms with van der Waals surface area (Å²) in [6, 6.07) is 9.13. The molecular weight excluding hydrogens is 206 g/mol. The molecule has 2 atom stereocenters. The molecule has 1 nitrogen and oxygen atoms in total. The number of rotatable bonds is 4. The Bertz CT molecular complexity index is 382. The summed E-state index contributed by atoms with van der Waals surface area (Å²) in [4.78, 5) is 0. The van der Waals surface area contributed by atoms with Gasteiger partial charge >= 0.3 is 0 Å². The normalized spacial score (nSPS) is 34.7. The molecule has 0 amide bonds. The number of hydrogen-bond acceptors (Lipinski definition) is 1. The van der Waals surface area contributed by atoms with E-state index in [1.807, 2.05) is 0 Å². The molecule has 3 rings (SSSR count). The Labute approximate surface area is 105 Å². The lowest BCUT2D eigenvalue weighted by Crippen LogP contribution is -2.33. The van der Waals surface area contributed by atoms with E-state index in [4.69, 9.17) is 0 Å². The van der Waals surface area contributed by atoms with Gasteiger partial charge in [0.15, 0.2) is 0 Å². The molecular formula is C16H23N. The second kappa shape index (κ2) is 4.13. The summed E-state index contributed by atoms with van der Waals surface area (Å²) in [6.07, 6.45) is 5.68. The first-order valence-corrected chi connectivity index (χ1v) is 6.91. The van der Waals surface area contributed by atoms with E-state index in [9.17, 15) is 0 Å². The van der Waals surface area contributed by atoms with Crippen LogP contribution in [-0.4, -0.2) is 13.6 Å². The minimum absolute atomic E-state index is 0.553. The summed E-state index contributed by atoms with van der Waals surface area (Å²) in [5.41, 5.74) is 3.44. The van der Waals surface area contributed by atoms with Crippen molar-refractivity contribution in [3.05, 3.63) is 35.4 Å². The van der Waals surface area contributed by atoms with E-state index in [1.165, 1.54) is 43.4 Å². The van der Waals surface area contributed by atoms with Crippen LogP contribution in [0.15, 0.2) is 24.3 Å². The van der Waals surface area contributed by atoms with Crippen LogP contribution in [-0.2, 0) is 6.42 Å². The molecule has 2 fully saturated rings. The Hall–Kier alpha value is -0.820. The third kappa shape index (κ3) is 2.26. The van der Waals surface area contributed by atoms with Crippen LogP contribution in [0, 0.1) is 24.2 Å². The molecule has 1 aromatic carbocycles. The number of aryl methyl sites for hydroxylation is 1. The highest BCUT2D eigenvalue weighted by Gasteiger charge is 2.53. The molecule has 2 aliphatic carbocycles. The van der Waals surface area contributed by atoms with Gasteiger partial charge in [-0.05, 0) is 62.5 Å². The SMILES string of the molecule is CNCC1(Cc2ccc(C)cc2)CC2CC2C1. The summed E-state index contributed by atoms with van der Waals surface area (Å²) >= 11 is 0. The van der Waals surface area contributed by atoms with Gasteiger partial charge in [0.25, 0.3) is 0 Å². The highest BCUT2D eigenvalue weighted by molar-refractivity contribution is 5.23. The zero-order valence-electron chi connectivity index (χ0n) is 11.0. The van der Waals surface area contributed by atoms with Crippen LogP contribution >= 0.6 is 0 Å². The van der Waals surface area contributed by atoms with E-state index >= 15 is 0 Å². The lowest BCUT2D eigenvalue weighted by molar-refractivity contribution is 0.255. The molecule has 0 spiro atoms. The van der Waals surface area contributed by atoms with Gasteiger partial charge in [-0.25, -0.2) is 0 Å². The topological polar surface area (TPSA) is 12.0 Å². The van der Waals surface area contributed by atoms with E-state index in [0.29, 0.717) is 5.41 Å². The second-order valence-corrected chi connectivity index (χ2v) is 6.36. The van der Waals surface area contributed by atoms with Crippen LogP contribution in [0.25, 0.3) is 0 Å². The maximum atomic E-state index is 3.42. The summed E-state index contributed by atoms with van der Waals surface area (Å²) < 4.78 is 0. The quantitative estimate of drug-likeness (QED) is 0.836. The molecule has 0 aromatic heterocycles. The van der Waals surface area contributed by atoms with Crippen molar-refractivity contribution in [3.63, 3.8) is 0 Å². The van der Waals surface area contributed by atoms with Crippen LogP contribution in [0.4, 0.5) is 0 Å². The average Bonchev–Trinajstić information content (AvgIpc) is 2.91. The smallest absolute Gasteiger partial charge is 0.000820 e. The Morgan fingerprint density at radius 2 is 1.82 bits per heavy atom. The van der Waals surface area contributed by atoms with Gasteiger partial charge in [-0.2, -0.15) is 0 Å². The van der Waals surface area contributed by atoms with Gasteiger partial charge in [0, 0.05) is 6.54 Å². The van der Waals surface area contributed by atoms with Gasteiger partial charge in [0.1, 0.15) is 0 Å². The van der Waals surface area contributed by atoms with E-state index in [-0.39, 0.29) is 0 Å². The third-order valence-corrected chi connectivity index (χ3v) is 4.71. The highest BCUT2D eigenvalue weighted by Crippen LogP contribution is 2.60. The molecule has 0 heterocycles. The zero-order chi connectivity index (χ0) is 11.9. The summed E-state index contributed by atoms with van der Waals surface area (Å²) in [5, 5.41) is 3.42. The van der Waals surface area contributed by atoms with Crippen molar-refractivity contribution in [3.8, 4) is 0 Å². The van der Waals surface area contributed by atoms with Gasteiger partial charge in [-0.15, -0.1) is 0 Å². The first-order valence-electron chi connectivity index (χ1n) is 6.91. The molecule has 0 radical (unpaired) electrons. The van der Waals surface area contributed by atoms with Crippen molar-refractivity contribution in [2.45, 2.75) is 32.6 Å². The van der Waals surface area contributed by atoms with Gasteiger partial charge in [0.05, 0.1) is 0 Å². The Morgan fingerprint density at radius 1 is 1.18 bits per heavy atom. The van der Waals surface area contributed by atoms with Crippen molar-refractivity contribution < 1.29 is 0 Å². The molecule has 1 N–H and O–H groups in total. The summed E-state index contributed by atoms with van der Waals surface area (Å²) in [6.45, 7) is 3.35. The maximum absolute atomic E-state index is 3.42. The largest absolute Gasteiger partial charge is 0.319 e. The second-order valence-electron chi connectivity index (χ2n) is 6.36. The number of benzene rings is 1. The fourth-order valence-corrected chi connectivity index (χ4v) is 3.87. The van der Waals surface area contributed by atoms with Crippen molar-refractivity contribution >= 4 is 0 Å². The van der Waals surface area contributed by atoms with Gasteiger partial charge in [0.2, 0.25) is 0 Å². The standard InChI is InChI=1S/C16H23N/c1-12-3-5-13(6-4-12)8-16(11-17-2)9-14-7-15(14)10-16/h3-6,14-15,17H,7-11H2,1-2H3. The fraction of sp³-hybridized carbons (Fsp3) is 0.625. The van der Waals surface area contributed by atoms with Crippen molar-refractivity contribution in [1.29, 1.82) is 0 Å². The lowest BCUT2D eigenvalue weighted by atomic mass is 9.77. The van der Waals surface area contributed by atoms with Crippen molar-refractivity contribution in [2.75, 3.05) is 13.6 Å². The predicted molar refractivity (Wildman–Crippen MR) is 72.1 cm³/mol. The van der Waals surface area contributed by atoms with Crippen LogP contribution in [0.2, 0.25) is 0 Å². The van der Waals surface area contributed by atoms with E-state index < -0.39 is 0 Å². The third-order valence-electron chi connectivity index (χ3n) is 4.71. The number of nitrogens with one attached hydrogen (secondary N) is 1. The Balaban J connectivity index is 1.74. The van der Waals surface area contributed by atoms with E-state index in [0.717, 1.165) is 11.8 Å². The molecule has 2 saturated carbocycles. The van der Waals surface area contributed by atoms with Crippen molar-refractivity contribution in [2.24, 2.45) is 17.3 Å². The number of fused-ring (bicyclic) bond motifs is 1. The number of hydrogen-bond donors (Lipinski definition) is 1. The van der Waals surface area contributed by atoms with Crippen LogP contribution in [0.5, 0.6) is 0 Å². The molecule has 2 aliphatic rings. The summed E-state index contributed by atoms with van der Waals surface area (Å²) in [7, 11) is 2.10. The molecule has 0 aliphatic heterocycles. The Morgan fingerprint density at radius 3 is 2.41 bits per heavy atom. The minimum Gasteiger partial charge on any atom is -0.319 e. The molecule has 1 aromatic rings. The van der Waals surface area contributed by atoms with Crippen LogP contribution in [0.1, 0.15) is 30.4 Å². The highest BCUT2D eigenvalue weighted by atomic mass is 14.8. The monoisotopic (exact) mass is 229 g/mol. The van der Waals surface area contributed by atoms with Crippen LogP contribution < -0.4 is 5.32 Å². The van der Waals surface area contributed by atoms with Gasteiger partial charge < -0.3 is 5.32 Å². The maximum Gasteiger partial charge on any atom is 0.000820 e. The predicted octanol–water partition coefficient (Wildman–Crippen LogP) is 3.17. The van der Waals surface area contributed by atoms with Gasteiger partial charge in [-0.1, -0.05) is 29.8 Å². The van der Waals surface area contributed by atoms with E-state index in [1.54, 1.807) is 0 Å². The lowest BCUT2D eigenvalue weighted by Gasteiger charge is -2.31. The average molecular weight is 229 g/mol.